The lowest BCUT2D eigenvalue weighted by Crippen LogP contribution is -2.39. The standard InChI is InChI=1S/C16H23N3O3/c1-12(11-22-2)18-15(20)10-17-13-6-3-4-7-14(13)19-9-5-8-16(19)21/h3-4,6-7,12,17H,5,8-11H2,1-2H3,(H,18,20). The maximum atomic E-state index is 11.9. The number of carbonyl (C=O) groups excluding carboxylic acids is 2. The molecular formula is C16H23N3O3. The Kier molecular flexibility index (Phi) is 5.77. The van der Waals surface area contributed by atoms with Crippen molar-refractivity contribution in [2.24, 2.45) is 0 Å². The fourth-order valence-corrected chi connectivity index (χ4v) is 2.55. The highest BCUT2D eigenvalue weighted by molar-refractivity contribution is 5.98. The summed E-state index contributed by atoms with van der Waals surface area (Å²) in [5, 5.41) is 5.95. The van der Waals surface area contributed by atoms with E-state index in [4.69, 9.17) is 4.74 Å². The lowest BCUT2D eigenvalue weighted by atomic mass is 10.2. The molecule has 22 heavy (non-hydrogen) atoms. The van der Waals surface area contributed by atoms with Crippen molar-refractivity contribution in [2.75, 3.05) is 37.0 Å². The maximum Gasteiger partial charge on any atom is 0.239 e. The molecule has 1 unspecified atom stereocenters. The second-order valence-corrected chi connectivity index (χ2v) is 5.44. The minimum Gasteiger partial charge on any atom is -0.383 e. The Balaban J connectivity index is 1.95. The van der Waals surface area contributed by atoms with E-state index in [1.54, 1.807) is 12.0 Å². The lowest BCUT2D eigenvalue weighted by Gasteiger charge is -2.20. The summed E-state index contributed by atoms with van der Waals surface area (Å²) in [6, 6.07) is 7.53. The summed E-state index contributed by atoms with van der Waals surface area (Å²) >= 11 is 0. The molecule has 1 aromatic rings. The SMILES string of the molecule is COCC(C)NC(=O)CNc1ccccc1N1CCCC1=O. The van der Waals surface area contributed by atoms with Crippen molar-refractivity contribution in [1.82, 2.24) is 5.32 Å². The van der Waals surface area contributed by atoms with E-state index in [0.717, 1.165) is 24.3 Å². The van der Waals surface area contributed by atoms with Gasteiger partial charge in [0.1, 0.15) is 0 Å². The van der Waals surface area contributed by atoms with Crippen LogP contribution in [0.1, 0.15) is 19.8 Å². The van der Waals surface area contributed by atoms with Crippen molar-refractivity contribution >= 4 is 23.2 Å². The van der Waals surface area contributed by atoms with Gasteiger partial charge in [0.25, 0.3) is 0 Å². The minimum absolute atomic E-state index is 0.0327. The van der Waals surface area contributed by atoms with Gasteiger partial charge < -0.3 is 20.3 Å². The van der Waals surface area contributed by atoms with Gasteiger partial charge in [-0.15, -0.1) is 0 Å². The summed E-state index contributed by atoms with van der Waals surface area (Å²) in [7, 11) is 1.60. The first kappa shape index (κ1) is 16.3. The monoisotopic (exact) mass is 305 g/mol. The molecule has 0 aliphatic carbocycles. The average molecular weight is 305 g/mol. The molecule has 1 aromatic carbocycles. The Hall–Kier alpha value is -2.08. The largest absolute Gasteiger partial charge is 0.383 e. The Labute approximate surface area is 130 Å². The number of rotatable bonds is 7. The van der Waals surface area contributed by atoms with Crippen LogP contribution in [0.3, 0.4) is 0 Å². The molecule has 0 spiro atoms. The van der Waals surface area contributed by atoms with Gasteiger partial charge in [0.15, 0.2) is 0 Å². The summed E-state index contributed by atoms with van der Waals surface area (Å²) in [4.78, 5) is 25.5. The lowest BCUT2D eigenvalue weighted by molar-refractivity contribution is -0.120. The number of amides is 2. The molecule has 0 saturated carbocycles. The van der Waals surface area contributed by atoms with Crippen LogP contribution in [0.2, 0.25) is 0 Å². The first-order chi connectivity index (χ1) is 10.6. The summed E-state index contributed by atoms with van der Waals surface area (Å²) in [5.74, 6) is 0.0273. The van der Waals surface area contributed by atoms with Crippen molar-refractivity contribution in [3.05, 3.63) is 24.3 Å². The number of nitrogens with one attached hydrogen (secondary N) is 2. The predicted octanol–water partition coefficient (Wildman–Crippen LogP) is 1.38. The summed E-state index contributed by atoms with van der Waals surface area (Å²) in [6.07, 6.45) is 1.46. The van der Waals surface area contributed by atoms with Crippen LogP contribution < -0.4 is 15.5 Å². The van der Waals surface area contributed by atoms with E-state index in [-0.39, 0.29) is 24.4 Å². The van der Waals surface area contributed by atoms with Gasteiger partial charge in [0.2, 0.25) is 11.8 Å². The van der Waals surface area contributed by atoms with Crippen LogP contribution in [0.15, 0.2) is 24.3 Å². The topological polar surface area (TPSA) is 70.7 Å². The summed E-state index contributed by atoms with van der Waals surface area (Å²) in [5.41, 5.74) is 1.63. The van der Waals surface area contributed by atoms with Gasteiger partial charge in [0.05, 0.1) is 24.5 Å². The molecule has 120 valence electrons. The minimum atomic E-state index is -0.105. The molecule has 0 bridgehead atoms. The van der Waals surface area contributed by atoms with Crippen molar-refractivity contribution in [3.63, 3.8) is 0 Å². The van der Waals surface area contributed by atoms with E-state index >= 15 is 0 Å². The first-order valence-electron chi connectivity index (χ1n) is 7.53. The molecule has 2 amide bonds. The first-order valence-corrected chi connectivity index (χ1v) is 7.53. The van der Waals surface area contributed by atoms with E-state index in [1.165, 1.54) is 0 Å². The Morgan fingerprint density at radius 2 is 2.18 bits per heavy atom. The zero-order valence-electron chi connectivity index (χ0n) is 13.1. The van der Waals surface area contributed by atoms with E-state index in [9.17, 15) is 9.59 Å². The smallest absolute Gasteiger partial charge is 0.239 e. The molecule has 1 atom stereocenters. The molecule has 1 fully saturated rings. The highest BCUT2D eigenvalue weighted by atomic mass is 16.5. The number of hydrogen-bond donors (Lipinski definition) is 2. The maximum absolute atomic E-state index is 11.9. The summed E-state index contributed by atoms with van der Waals surface area (Å²) in [6.45, 7) is 3.25. The molecule has 0 radical (unpaired) electrons. The third-order valence-corrected chi connectivity index (χ3v) is 3.53. The Bertz CT molecular complexity index is 533. The van der Waals surface area contributed by atoms with Gasteiger partial charge in [0, 0.05) is 26.1 Å². The highest BCUT2D eigenvalue weighted by Crippen LogP contribution is 2.29. The van der Waals surface area contributed by atoms with Crippen molar-refractivity contribution in [3.8, 4) is 0 Å². The van der Waals surface area contributed by atoms with Crippen LogP contribution in [-0.4, -0.2) is 44.7 Å². The number of carbonyl (C=O) groups is 2. The fraction of sp³-hybridized carbons (Fsp3) is 0.500. The normalized spacial score (nSPS) is 15.7. The average Bonchev–Trinajstić information content (AvgIpc) is 2.91. The van der Waals surface area contributed by atoms with Crippen LogP contribution in [0.25, 0.3) is 0 Å². The van der Waals surface area contributed by atoms with E-state index in [0.29, 0.717) is 13.0 Å². The predicted molar refractivity (Wildman–Crippen MR) is 86.0 cm³/mol. The molecule has 6 nitrogen and oxygen atoms in total. The number of benzene rings is 1. The van der Waals surface area contributed by atoms with Gasteiger partial charge in [-0.3, -0.25) is 9.59 Å². The zero-order chi connectivity index (χ0) is 15.9. The number of nitrogens with zero attached hydrogens (tertiary/aromatic N) is 1. The highest BCUT2D eigenvalue weighted by Gasteiger charge is 2.23. The molecule has 2 rings (SSSR count). The fourth-order valence-electron chi connectivity index (χ4n) is 2.55. The third kappa shape index (κ3) is 4.21. The Morgan fingerprint density at radius 3 is 2.86 bits per heavy atom. The summed E-state index contributed by atoms with van der Waals surface area (Å²) < 4.78 is 4.99. The molecular weight excluding hydrogens is 282 g/mol. The number of para-hydroxylation sites is 2. The second kappa shape index (κ2) is 7.79. The molecule has 2 N–H and O–H groups in total. The Morgan fingerprint density at radius 1 is 1.41 bits per heavy atom. The van der Waals surface area contributed by atoms with Gasteiger partial charge in [-0.05, 0) is 25.5 Å². The van der Waals surface area contributed by atoms with Crippen LogP contribution in [0.5, 0.6) is 0 Å². The van der Waals surface area contributed by atoms with Gasteiger partial charge in [-0.25, -0.2) is 0 Å². The molecule has 0 aromatic heterocycles. The molecule has 6 heteroatoms. The molecule has 1 heterocycles. The number of methoxy groups -OCH3 is 1. The van der Waals surface area contributed by atoms with Crippen molar-refractivity contribution in [1.29, 1.82) is 0 Å². The van der Waals surface area contributed by atoms with Crippen LogP contribution in [0, 0.1) is 0 Å². The number of hydrogen-bond acceptors (Lipinski definition) is 4. The van der Waals surface area contributed by atoms with Crippen LogP contribution in [0.4, 0.5) is 11.4 Å². The quantitative estimate of drug-likeness (QED) is 0.798. The van der Waals surface area contributed by atoms with E-state index < -0.39 is 0 Å². The van der Waals surface area contributed by atoms with Crippen LogP contribution in [-0.2, 0) is 14.3 Å². The zero-order valence-corrected chi connectivity index (χ0v) is 13.1. The van der Waals surface area contributed by atoms with Crippen LogP contribution >= 0.6 is 0 Å². The number of anilines is 2. The van der Waals surface area contributed by atoms with E-state index in [1.807, 2.05) is 31.2 Å². The van der Waals surface area contributed by atoms with Crippen molar-refractivity contribution < 1.29 is 14.3 Å². The van der Waals surface area contributed by atoms with Crippen molar-refractivity contribution in [2.45, 2.75) is 25.8 Å². The molecule has 1 saturated heterocycles. The second-order valence-electron chi connectivity index (χ2n) is 5.44. The van der Waals surface area contributed by atoms with Gasteiger partial charge in [-0.1, -0.05) is 12.1 Å². The number of ether oxygens (including phenoxy) is 1. The third-order valence-electron chi connectivity index (χ3n) is 3.53. The van der Waals surface area contributed by atoms with Gasteiger partial charge in [-0.2, -0.15) is 0 Å². The molecule has 1 aliphatic rings. The van der Waals surface area contributed by atoms with E-state index in [2.05, 4.69) is 10.6 Å². The van der Waals surface area contributed by atoms with Gasteiger partial charge >= 0.3 is 0 Å². The molecule has 1 aliphatic heterocycles.